The molecule has 6 rings (SSSR count). The van der Waals surface area contributed by atoms with Crippen LogP contribution in [0, 0.1) is 0 Å². The van der Waals surface area contributed by atoms with Crippen LogP contribution in [0.1, 0.15) is 52.3 Å². The molecule has 3 aliphatic rings. The monoisotopic (exact) mass is 587 g/mol. The van der Waals surface area contributed by atoms with Crippen molar-refractivity contribution in [3.8, 4) is 0 Å². The molecule has 0 spiro atoms. The third-order valence-electron chi connectivity index (χ3n) is 7.45. The van der Waals surface area contributed by atoms with Gasteiger partial charge in [0.05, 0.1) is 24.2 Å². The lowest BCUT2D eigenvalue weighted by Crippen LogP contribution is -2.67. The molecule has 0 aromatic heterocycles. The number of nitrogens with zero attached hydrogens (tertiary/aromatic N) is 1. The Hall–Kier alpha value is -3.83. The Morgan fingerprint density at radius 2 is 1.48 bits per heavy atom. The van der Waals surface area contributed by atoms with Crippen LogP contribution < -0.4 is 0 Å². The van der Waals surface area contributed by atoms with E-state index in [0.29, 0.717) is 0 Å². The highest BCUT2D eigenvalue weighted by Gasteiger charge is 2.57. The number of fused-ring (bicyclic) bond motifs is 2. The number of carbonyl (C=O) groups is 4. The summed E-state index contributed by atoms with van der Waals surface area (Å²) in [5, 5.41) is 0. The smallest absolute Gasteiger partial charge is 0.306 e. The fraction of sp³-hybridized carbons (Fsp3) is 0.312. The first-order chi connectivity index (χ1) is 20.4. The summed E-state index contributed by atoms with van der Waals surface area (Å²) >= 11 is 1.32. The normalized spacial score (nSPS) is 26.8. The predicted molar refractivity (Wildman–Crippen MR) is 151 cm³/mol. The van der Waals surface area contributed by atoms with Gasteiger partial charge in [0.1, 0.15) is 29.5 Å². The molecule has 3 aromatic rings. The molecule has 0 bridgehead atoms. The highest BCUT2D eigenvalue weighted by Crippen LogP contribution is 2.43. The standard InChI is InChI=1S/C32H29NO8S/c1-19(34)16-17-25(35)40-28-26(33-29(36)22-14-8-9-15-23(22)30(33)37)32(42-21-12-6-3-7-13-21)39-24-18-38-31(41-27(24)28)20-10-4-2-5-11-20/h2-15,24,26-28,31-32H,16-18H2,1H3/t24-,26-,27-,28-,31-,32+/m1/s1. The van der Waals surface area contributed by atoms with E-state index < -0.39 is 53.9 Å². The minimum absolute atomic E-state index is 0.00658. The van der Waals surface area contributed by atoms with Crippen molar-refractivity contribution < 1.29 is 38.1 Å². The quantitative estimate of drug-likeness (QED) is 0.277. The number of Topliss-reactive ketones (excluding diaryl/α,β-unsaturated/α-hetero) is 1. The fourth-order valence-electron chi connectivity index (χ4n) is 5.44. The van der Waals surface area contributed by atoms with E-state index in [2.05, 4.69) is 0 Å². The molecule has 3 aliphatic heterocycles. The molecule has 42 heavy (non-hydrogen) atoms. The summed E-state index contributed by atoms with van der Waals surface area (Å²) < 4.78 is 25.0. The molecule has 2 fully saturated rings. The molecule has 2 saturated heterocycles. The van der Waals surface area contributed by atoms with E-state index in [-0.39, 0.29) is 36.4 Å². The van der Waals surface area contributed by atoms with Gasteiger partial charge in [-0.15, -0.1) is 0 Å². The van der Waals surface area contributed by atoms with Gasteiger partial charge >= 0.3 is 5.97 Å². The molecule has 10 heteroatoms. The minimum atomic E-state index is -1.10. The lowest BCUT2D eigenvalue weighted by Gasteiger charge is -2.50. The van der Waals surface area contributed by atoms with Gasteiger partial charge in [-0.1, -0.05) is 72.4 Å². The van der Waals surface area contributed by atoms with E-state index >= 15 is 0 Å². The van der Waals surface area contributed by atoms with E-state index in [9.17, 15) is 19.2 Å². The Labute approximate surface area is 247 Å². The van der Waals surface area contributed by atoms with Gasteiger partial charge in [-0.3, -0.25) is 19.3 Å². The van der Waals surface area contributed by atoms with Crippen molar-refractivity contribution >= 4 is 35.3 Å². The summed E-state index contributed by atoms with van der Waals surface area (Å²) in [5.74, 6) is -1.79. The maximum absolute atomic E-state index is 13.8. The number of ketones is 1. The van der Waals surface area contributed by atoms with Crippen molar-refractivity contribution in [2.75, 3.05) is 6.61 Å². The second-order valence-corrected chi connectivity index (χ2v) is 11.5. The van der Waals surface area contributed by atoms with E-state index in [4.69, 9.17) is 18.9 Å². The largest absolute Gasteiger partial charge is 0.457 e. The number of esters is 1. The number of rotatable bonds is 8. The molecule has 0 aliphatic carbocycles. The molecule has 0 radical (unpaired) electrons. The number of imide groups is 1. The summed E-state index contributed by atoms with van der Waals surface area (Å²) in [6, 6.07) is 24.3. The molecule has 3 aromatic carbocycles. The third kappa shape index (κ3) is 5.63. The number of carbonyl (C=O) groups excluding carboxylic acids is 4. The number of amides is 2. The van der Waals surface area contributed by atoms with E-state index in [0.717, 1.165) is 15.4 Å². The highest BCUT2D eigenvalue weighted by atomic mass is 32.2. The zero-order chi connectivity index (χ0) is 29.2. The van der Waals surface area contributed by atoms with Gasteiger partial charge in [-0.2, -0.15) is 0 Å². The van der Waals surface area contributed by atoms with Crippen molar-refractivity contribution in [1.82, 2.24) is 4.90 Å². The first kappa shape index (κ1) is 28.3. The molecule has 0 saturated carbocycles. The number of hydrogen-bond donors (Lipinski definition) is 0. The van der Waals surface area contributed by atoms with Gasteiger partial charge in [0.2, 0.25) is 0 Å². The number of hydrogen-bond acceptors (Lipinski definition) is 9. The average Bonchev–Trinajstić information content (AvgIpc) is 3.26. The topological polar surface area (TPSA) is 108 Å². The van der Waals surface area contributed by atoms with Crippen LogP contribution in [0.5, 0.6) is 0 Å². The Morgan fingerprint density at radius 3 is 2.12 bits per heavy atom. The van der Waals surface area contributed by atoms with Gasteiger partial charge < -0.3 is 23.7 Å². The van der Waals surface area contributed by atoms with E-state index in [1.54, 1.807) is 24.3 Å². The van der Waals surface area contributed by atoms with Crippen molar-refractivity contribution in [2.24, 2.45) is 0 Å². The molecule has 9 nitrogen and oxygen atoms in total. The number of ether oxygens (including phenoxy) is 4. The van der Waals surface area contributed by atoms with Crippen molar-refractivity contribution in [1.29, 1.82) is 0 Å². The maximum Gasteiger partial charge on any atom is 0.306 e. The highest BCUT2D eigenvalue weighted by molar-refractivity contribution is 7.99. The Bertz CT molecular complexity index is 1450. The number of thioether (sulfide) groups is 1. The van der Waals surface area contributed by atoms with Gasteiger partial charge in [0, 0.05) is 16.9 Å². The molecule has 216 valence electrons. The van der Waals surface area contributed by atoms with Gasteiger partial charge in [0.25, 0.3) is 11.8 Å². The minimum Gasteiger partial charge on any atom is -0.457 e. The molecule has 2 amide bonds. The second-order valence-electron chi connectivity index (χ2n) is 10.3. The zero-order valence-electron chi connectivity index (χ0n) is 22.8. The Kier molecular flexibility index (Phi) is 8.21. The van der Waals surface area contributed by atoms with Crippen LogP contribution in [0.3, 0.4) is 0 Å². The maximum atomic E-state index is 13.8. The van der Waals surface area contributed by atoms with Crippen LogP contribution in [0.4, 0.5) is 0 Å². The molecular formula is C32H29NO8S. The summed E-state index contributed by atoms with van der Waals surface area (Å²) in [6.07, 6.45) is -3.55. The van der Waals surface area contributed by atoms with Crippen molar-refractivity contribution in [3.63, 3.8) is 0 Å². The van der Waals surface area contributed by atoms with Crippen LogP contribution in [-0.4, -0.2) is 64.9 Å². The first-order valence-electron chi connectivity index (χ1n) is 13.8. The predicted octanol–water partition coefficient (Wildman–Crippen LogP) is 4.56. The van der Waals surface area contributed by atoms with E-state index in [1.165, 1.54) is 18.7 Å². The third-order valence-corrected chi connectivity index (χ3v) is 8.61. The lowest BCUT2D eigenvalue weighted by atomic mass is 9.95. The van der Waals surface area contributed by atoms with Crippen LogP contribution in [0.15, 0.2) is 89.8 Å². The molecule has 6 atom stereocenters. The molecule has 3 heterocycles. The summed E-state index contributed by atoms with van der Waals surface area (Å²) in [6.45, 7) is 1.53. The fourth-order valence-corrected chi connectivity index (χ4v) is 6.64. The van der Waals surface area contributed by atoms with Crippen LogP contribution in [0.2, 0.25) is 0 Å². The Morgan fingerprint density at radius 1 is 0.857 bits per heavy atom. The second kappa shape index (κ2) is 12.2. The summed E-state index contributed by atoms with van der Waals surface area (Å²) in [4.78, 5) is 54.3. The van der Waals surface area contributed by atoms with E-state index in [1.807, 2.05) is 60.7 Å². The van der Waals surface area contributed by atoms with Crippen LogP contribution in [0.25, 0.3) is 0 Å². The Balaban J connectivity index is 1.40. The average molecular weight is 588 g/mol. The van der Waals surface area contributed by atoms with Crippen molar-refractivity contribution in [3.05, 3.63) is 102 Å². The van der Waals surface area contributed by atoms with Gasteiger partial charge in [-0.05, 0) is 31.2 Å². The summed E-state index contributed by atoms with van der Waals surface area (Å²) in [7, 11) is 0. The number of benzene rings is 3. The van der Waals surface area contributed by atoms with Crippen molar-refractivity contribution in [2.45, 2.75) is 60.7 Å². The van der Waals surface area contributed by atoms with Crippen LogP contribution >= 0.6 is 11.8 Å². The summed E-state index contributed by atoms with van der Waals surface area (Å²) in [5.41, 5.74) is 0.479. The van der Waals surface area contributed by atoms with Gasteiger partial charge in [0.15, 0.2) is 12.4 Å². The SMILES string of the molecule is CC(=O)CCC(=O)O[C@H]1[C@@H]2O[C@H](c3ccccc3)OC[C@H]2O[C@@H](Sc2ccccc2)[C@@H]1N1C(=O)c2ccccc2C1=O. The lowest BCUT2D eigenvalue weighted by molar-refractivity contribution is -0.311. The zero-order valence-corrected chi connectivity index (χ0v) is 23.6. The molecule has 0 unspecified atom stereocenters. The first-order valence-corrected chi connectivity index (χ1v) is 14.6. The van der Waals surface area contributed by atoms with Gasteiger partial charge in [-0.25, -0.2) is 0 Å². The molecular weight excluding hydrogens is 558 g/mol. The van der Waals surface area contributed by atoms with Crippen LogP contribution in [-0.2, 0) is 28.5 Å². The molecule has 0 N–H and O–H groups in total.